The van der Waals surface area contributed by atoms with Gasteiger partial charge in [-0.25, -0.2) is 4.79 Å². The largest absolute Gasteiger partial charge is 0.444 e. The van der Waals surface area contributed by atoms with Crippen LogP contribution in [0.4, 0.5) is 4.79 Å². The molecule has 1 rings (SSSR count). The van der Waals surface area contributed by atoms with Gasteiger partial charge in [-0.1, -0.05) is 0 Å². The molecule has 0 aliphatic carbocycles. The van der Waals surface area contributed by atoms with Crippen molar-refractivity contribution in [3.63, 3.8) is 0 Å². The summed E-state index contributed by atoms with van der Waals surface area (Å²) in [6.45, 7) is 9.46. The summed E-state index contributed by atoms with van der Waals surface area (Å²) < 4.78 is 5.38. The third-order valence-electron chi connectivity index (χ3n) is 3.23. The van der Waals surface area contributed by atoms with Crippen molar-refractivity contribution in [2.75, 3.05) is 0 Å². The molecule has 0 saturated carbocycles. The van der Waals surface area contributed by atoms with E-state index in [1.807, 2.05) is 34.6 Å². The molecule has 0 aromatic heterocycles. The first-order valence-electron chi connectivity index (χ1n) is 6.23. The van der Waals surface area contributed by atoms with Gasteiger partial charge >= 0.3 is 6.09 Å². The molecule has 1 aliphatic rings. The Hall–Kier alpha value is -1.06. The first kappa shape index (κ1) is 14.0. The summed E-state index contributed by atoms with van der Waals surface area (Å²) in [6.07, 6.45) is 2.34. The fourth-order valence-corrected chi connectivity index (χ4v) is 2.26. The van der Waals surface area contributed by atoms with Crippen molar-refractivity contribution in [2.45, 2.75) is 65.1 Å². The molecule has 1 saturated heterocycles. The number of carbonyl (C=O) groups is 2. The van der Waals surface area contributed by atoms with Crippen LogP contribution in [0, 0.1) is 5.92 Å². The number of hydrogen-bond acceptors (Lipinski definition) is 3. The van der Waals surface area contributed by atoms with Gasteiger partial charge < -0.3 is 14.4 Å². The fourth-order valence-electron chi connectivity index (χ4n) is 2.26. The van der Waals surface area contributed by atoms with Gasteiger partial charge in [0.1, 0.15) is 11.9 Å². The van der Waals surface area contributed by atoms with Crippen LogP contribution in [-0.4, -0.2) is 35.0 Å². The van der Waals surface area contributed by atoms with E-state index >= 15 is 0 Å². The van der Waals surface area contributed by atoms with Crippen LogP contribution in [0.5, 0.6) is 0 Å². The SMILES string of the molecule is C[C@@H]1[C@H](C=O)CC[C@H](C)N1C(=O)OC(C)(C)C. The van der Waals surface area contributed by atoms with Crippen molar-refractivity contribution in [1.82, 2.24) is 4.90 Å². The number of hydrogen-bond donors (Lipinski definition) is 0. The molecule has 0 radical (unpaired) electrons. The molecule has 0 spiro atoms. The van der Waals surface area contributed by atoms with Crippen molar-refractivity contribution >= 4 is 12.4 Å². The van der Waals surface area contributed by atoms with Crippen molar-refractivity contribution in [3.8, 4) is 0 Å². The van der Waals surface area contributed by atoms with Crippen molar-refractivity contribution < 1.29 is 14.3 Å². The maximum atomic E-state index is 12.1. The molecule has 0 N–H and O–H groups in total. The molecule has 1 aliphatic heterocycles. The number of nitrogens with zero attached hydrogens (tertiary/aromatic N) is 1. The second kappa shape index (κ2) is 5.07. The zero-order chi connectivity index (χ0) is 13.2. The highest BCUT2D eigenvalue weighted by molar-refractivity contribution is 5.70. The maximum absolute atomic E-state index is 12.1. The second-order valence-corrected chi connectivity index (χ2v) is 5.85. The van der Waals surface area contributed by atoms with Crippen LogP contribution in [-0.2, 0) is 9.53 Å². The highest BCUT2D eigenvalue weighted by Crippen LogP contribution is 2.28. The van der Waals surface area contributed by atoms with Crippen molar-refractivity contribution in [2.24, 2.45) is 5.92 Å². The van der Waals surface area contributed by atoms with Gasteiger partial charge in [-0.15, -0.1) is 0 Å². The van der Waals surface area contributed by atoms with E-state index in [4.69, 9.17) is 4.74 Å². The minimum Gasteiger partial charge on any atom is -0.444 e. The number of piperidine rings is 1. The molecule has 3 atom stereocenters. The van der Waals surface area contributed by atoms with Gasteiger partial charge in [0.25, 0.3) is 0 Å². The van der Waals surface area contributed by atoms with Gasteiger partial charge in [0.15, 0.2) is 0 Å². The normalized spacial score (nSPS) is 29.9. The number of carbonyl (C=O) groups excluding carboxylic acids is 2. The highest BCUT2D eigenvalue weighted by atomic mass is 16.6. The van der Waals surface area contributed by atoms with E-state index in [1.165, 1.54) is 0 Å². The Morgan fingerprint density at radius 1 is 1.29 bits per heavy atom. The van der Waals surface area contributed by atoms with E-state index < -0.39 is 5.60 Å². The lowest BCUT2D eigenvalue weighted by Crippen LogP contribution is -2.53. The van der Waals surface area contributed by atoms with Gasteiger partial charge in [0.05, 0.1) is 0 Å². The summed E-state index contributed by atoms with van der Waals surface area (Å²) in [5, 5.41) is 0. The van der Waals surface area contributed by atoms with E-state index in [0.717, 1.165) is 19.1 Å². The Morgan fingerprint density at radius 2 is 1.88 bits per heavy atom. The Labute approximate surface area is 103 Å². The Kier molecular flexibility index (Phi) is 4.17. The molecule has 1 amide bonds. The summed E-state index contributed by atoms with van der Waals surface area (Å²) in [7, 11) is 0. The van der Waals surface area contributed by atoms with Crippen LogP contribution in [0.1, 0.15) is 47.5 Å². The van der Waals surface area contributed by atoms with Gasteiger partial charge in [0.2, 0.25) is 0 Å². The number of amides is 1. The molecule has 98 valence electrons. The molecule has 0 bridgehead atoms. The average molecular weight is 241 g/mol. The zero-order valence-corrected chi connectivity index (χ0v) is 11.4. The molecular weight excluding hydrogens is 218 g/mol. The van der Waals surface area contributed by atoms with E-state index in [1.54, 1.807) is 4.90 Å². The monoisotopic (exact) mass is 241 g/mol. The topological polar surface area (TPSA) is 46.6 Å². The van der Waals surface area contributed by atoms with Crippen LogP contribution in [0.15, 0.2) is 0 Å². The van der Waals surface area contributed by atoms with E-state index in [-0.39, 0.29) is 24.1 Å². The summed E-state index contributed by atoms with van der Waals surface area (Å²) in [4.78, 5) is 24.7. The molecule has 1 fully saturated rings. The maximum Gasteiger partial charge on any atom is 0.410 e. The molecule has 0 aromatic carbocycles. The lowest BCUT2D eigenvalue weighted by molar-refractivity contribution is -0.114. The number of aldehydes is 1. The van der Waals surface area contributed by atoms with Crippen molar-refractivity contribution in [3.05, 3.63) is 0 Å². The second-order valence-electron chi connectivity index (χ2n) is 5.85. The first-order valence-corrected chi connectivity index (χ1v) is 6.23. The molecule has 17 heavy (non-hydrogen) atoms. The van der Waals surface area contributed by atoms with Gasteiger partial charge in [0, 0.05) is 18.0 Å². The van der Waals surface area contributed by atoms with E-state index in [2.05, 4.69) is 0 Å². The molecule has 1 heterocycles. The molecular formula is C13H23NO3. The average Bonchev–Trinajstić information content (AvgIpc) is 2.15. The number of rotatable bonds is 1. The van der Waals surface area contributed by atoms with Gasteiger partial charge in [-0.3, -0.25) is 0 Å². The Bertz CT molecular complexity index is 296. The highest BCUT2D eigenvalue weighted by Gasteiger charge is 2.37. The fraction of sp³-hybridized carbons (Fsp3) is 0.846. The smallest absolute Gasteiger partial charge is 0.410 e. The van der Waals surface area contributed by atoms with Crippen LogP contribution in [0.2, 0.25) is 0 Å². The summed E-state index contributed by atoms with van der Waals surface area (Å²) >= 11 is 0. The summed E-state index contributed by atoms with van der Waals surface area (Å²) in [5.41, 5.74) is -0.495. The predicted molar refractivity (Wildman–Crippen MR) is 65.8 cm³/mol. The molecule has 0 unspecified atom stereocenters. The number of ether oxygens (including phenoxy) is 1. The standard InChI is InChI=1S/C13H23NO3/c1-9-6-7-11(8-15)10(2)14(9)12(16)17-13(3,4)5/h8-11H,6-7H2,1-5H3/t9-,10+,11-/m0/s1. The Balaban J connectivity index is 2.78. The zero-order valence-electron chi connectivity index (χ0n) is 11.4. The van der Waals surface area contributed by atoms with Crippen molar-refractivity contribution in [1.29, 1.82) is 0 Å². The Morgan fingerprint density at radius 3 is 2.35 bits per heavy atom. The third kappa shape index (κ3) is 3.45. The molecule has 4 heteroatoms. The third-order valence-corrected chi connectivity index (χ3v) is 3.23. The van der Waals surface area contributed by atoms with Crippen LogP contribution < -0.4 is 0 Å². The predicted octanol–water partition coefficient (Wildman–Crippen LogP) is 2.61. The minimum absolute atomic E-state index is 0.0706. The molecule has 4 nitrogen and oxygen atoms in total. The van der Waals surface area contributed by atoms with Crippen LogP contribution >= 0.6 is 0 Å². The summed E-state index contributed by atoms with van der Waals surface area (Å²) in [6, 6.07) is 0.0575. The minimum atomic E-state index is -0.495. The molecule has 0 aromatic rings. The lowest BCUT2D eigenvalue weighted by atomic mass is 9.88. The van der Waals surface area contributed by atoms with Gasteiger partial charge in [-0.05, 0) is 47.5 Å². The van der Waals surface area contributed by atoms with Crippen LogP contribution in [0.25, 0.3) is 0 Å². The van der Waals surface area contributed by atoms with E-state index in [0.29, 0.717) is 0 Å². The lowest BCUT2D eigenvalue weighted by Gasteiger charge is -2.42. The first-order chi connectivity index (χ1) is 7.76. The quantitative estimate of drug-likeness (QED) is 0.663. The summed E-state index contributed by atoms with van der Waals surface area (Å²) in [5.74, 6) is -0.0706. The van der Waals surface area contributed by atoms with E-state index in [9.17, 15) is 9.59 Å². The number of likely N-dealkylation sites (tertiary alicyclic amines) is 1. The van der Waals surface area contributed by atoms with Crippen LogP contribution in [0.3, 0.4) is 0 Å². The van der Waals surface area contributed by atoms with Gasteiger partial charge in [-0.2, -0.15) is 0 Å².